The molecule has 0 saturated carbocycles. The van der Waals surface area contributed by atoms with Crippen molar-refractivity contribution in [2.45, 2.75) is 51.5 Å². The summed E-state index contributed by atoms with van der Waals surface area (Å²) in [6.45, 7) is 11.4. The monoisotopic (exact) mass is 502 g/mol. The topological polar surface area (TPSA) is 58.1 Å². The minimum atomic E-state index is -0.0525. The molecule has 0 aromatic heterocycles. The van der Waals surface area contributed by atoms with Crippen LogP contribution in [-0.2, 0) is 5.41 Å². The van der Waals surface area contributed by atoms with Crippen molar-refractivity contribution in [3.8, 4) is 11.5 Å². The minimum absolute atomic E-state index is 0. The van der Waals surface area contributed by atoms with Crippen LogP contribution in [0, 0.1) is 0 Å². The standard InChI is InChI=1S/C21H34N4O2.HI/c1-5-10-25-11-8-17(9-12-25)24-20(22-4)23-14-21(2,3)16-6-7-18-19(13-16)27-15-26-18;/h6-7,13,17H,5,8-12,14-15H2,1-4H3,(H2,22,23,24);1H. The van der Waals surface area contributed by atoms with Gasteiger partial charge < -0.3 is 25.0 Å². The molecule has 0 aliphatic carbocycles. The summed E-state index contributed by atoms with van der Waals surface area (Å²) in [5.74, 6) is 2.55. The first-order chi connectivity index (χ1) is 13.0. The van der Waals surface area contributed by atoms with E-state index < -0.39 is 0 Å². The average Bonchev–Trinajstić information content (AvgIpc) is 3.14. The van der Waals surface area contributed by atoms with Gasteiger partial charge in [-0.05, 0) is 43.5 Å². The van der Waals surface area contributed by atoms with Gasteiger partial charge in [-0.1, -0.05) is 26.8 Å². The number of ether oxygens (including phenoxy) is 2. The molecule has 0 spiro atoms. The van der Waals surface area contributed by atoms with Crippen LogP contribution in [0.4, 0.5) is 0 Å². The van der Waals surface area contributed by atoms with Gasteiger partial charge in [0.1, 0.15) is 0 Å². The van der Waals surface area contributed by atoms with Gasteiger partial charge >= 0.3 is 0 Å². The molecular weight excluding hydrogens is 467 g/mol. The molecule has 2 aliphatic rings. The van der Waals surface area contributed by atoms with Crippen LogP contribution in [0.5, 0.6) is 11.5 Å². The van der Waals surface area contributed by atoms with E-state index in [0.717, 1.165) is 24.0 Å². The fourth-order valence-corrected chi connectivity index (χ4v) is 3.73. The van der Waals surface area contributed by atoms with Crippen molar-refractivity contribution < 1.29 is 9.47 Å². The van der Waals surface area contributed by atoms with Crippen molar-refractivity contribution in [1.82, 2.24) is 15.5 Å². The number of likely N-dealkylation sites (tertiary alicyclic amines) is 1. The number of aliphatic imine (C=N–C) groups is 1. The Balaban J connectivity index is 0.00000280. The predicted octanol–water partition coefficient (Wildman–Crippen LogP) is 3.35. The van der Waals surface area contributed by atoms with E-state index in [1.807, 2.05) is 13.1 Å². The van der Waals surface area contributed by atoms with Gasteiger partial charge in [0.15, 0.2) is 17.5 Å². The van der Waals surface area contributed by atoms with Crippen molar-refractivity contribution in [1.29, 1.82) is 0 Å². The normalized spacial score (nSPS) is 17.9. The Bertz CT molecular complexity index is 658. The van der Waals surface area contributed by atoms with E-state index >= 15 is 0 Å². The number of guanidine groups is 1. The fraction of sp³-hybridized carbons (Fsp3) is 0.667. The number of hydrogen-bond acceptors (Lipinski definition) is 4. The molecule has 0 unspecified atom stereocenters. The maximum absolute atomic E-state index is 5.52. The van der Waals surface area contributed by atoms with Gasteiger partial charge in [-0.2, -0.15) is 0 Å². The summed E-state index contributed by atoms with van der Waals surface area (Å²) in [5, 5.41) is 7.11. The molecule has 2 heterocycles. The second-order valence-corrected chi connectivity index (χ2v) is 8.14. The maximum atomic E-state index is 5.52. The lowest BCUT2D eigenvalue weighted by Gasteiger charge is -2.33. The molecule has 0 radical (unpaired) electrons. The Morgan fingerprint density at radius 2 is 1.93 bits per heavy atom. The van der Waals surface area contributed by atoms with Crippen LogP contribution in [0.25, 0.3) is 0 Å². The molecular formula is C21H35IN4O2. The quantitative estimate of drug-likeness (QED) is 0.355. The van der Waals surface area contributed by atoms with Gasteiger partial charge in [0.2, 0.25) is 6.79 Å². The third kappa shape index (κ3) is 5.89. The van der Waals surface area contributed by atoms with E-state index in [1.54, 1.807) is 0 Å². The number of nitrogens with zero attached hydrogens (tertiary/aromatic N) is 2. The van der Waals surface area contributed by atoms with Crippen molar-refractivity contribution >= 4 is 29.9 Å². The number of benzene rings is 1. The smallest absolute Gasteiger partial charge is 0.231 e. The van der Waals surface area contributed by atoms with Crippen LogP contribution in [0.15, 0.2) is 23.2 Å². The summed E-state index contributed by atoms with van der Waals surface area (Å²) in [6.07, 6.45) is 3.58. The number of piperidine rings is 1. The van der Waals surface area contributed by atoms with Crippen LogP contribution in [0.3, 0.4) is 0 Å². The molecule has 0 bridgehead atoms. The van der Waals surface area contributed by atoms with Gasteiger partial charge in [0, 0.05) is 38.1 Å². The molecule has 6 nitrogen and oxygen atoms in total. The third-order valence-corrected chi connectivity index (χ3v) is 5.54. The minimum Gasteiger partial charge on any atom is -0.454 e. The van der Waals surface area contributed by atoms with Crippen LogP contribution in [0.1, 0.15) is 45.6 Å². The first kappa shape index (κ1) is 23.1. The van der Waals surface area contributed by atoms with Crippen molar-refractivity contribution in [2.24, 2.45) is 4.99 Å². The van der Waals surface area contributed by atoms with Crippen molar-refractivity contribution in [3.05, 3.63) is 23.8 Å². The number of fused-ring (bicyclic) bond motifs is 1. The SMILES string of the molecule is CCCN1CCC(NC(=NC)NCC(C)(C)c2ccc3c(c2)OCO3)CC1.I. The predicted molar refractivity (Wildman–Crippen MR) is 125 cm³/mol. The summed E-state index contributed by atoms with van der Waals surface area (Å²) in [7, 11) is 1.84. The van der Waals surface area contributed by atoms with E-state index in [0.29, 0.717) is 12.8 Å². The Labute approximate surface area is 186 Å². The molecule has 1 aromatic rings. The number of rotatable bonds is 6. The molecule has 7 heteroatoms. The third-order valence-electron chi connectivity index (χ3n) is 5.54. The van der Waals surface area contributed by atoms with Gasteiger partial charge in [0.05, 0.1) is 0 Å². The second kappa shape index (κ2) is 10.5. The fourth-order valence-electron chi connectivity index (χ4n) is 3.73. The highest BCUT2D eigenvalue weighted by atomic mass is 127. The summed E-state index contributed by atoms with van der Waals surface area (Å²) in [4.78, 5) is 6.98. The molecule has 0 atom stereocenters. The summed E-state index contributed by atoms with van der Waals surface area (Å²) in [5.41, 5.74) is 1.17. The Kier molecular flexibility index (Phi) is 8.67. The second-order valence-electron chi connectivity index (χ2n) is 8.14. The van der Waals surface area contributed by atoms with E-state index in [9.17, 15) is 0 Å². The van der Waals surface area contributed by atoms with Gasteiger partial charge in [-0.25, -0.2) is 0 Å². The van der Waals surface area contributed by atoms with Crippen molar-refractivity contribution in [2.75, 3.05) is 40.0 Å². The molecule has 1 fully saturated rings. The van der Waals surface area contributed by atoms with E-state index in [1.165, 1.54) is 44.5 Å². The molecule has 1 aromatic carbocycles. The first-order valence-electron chi connectivity index (χ1n) is 10.1. The zero-order valence-corrected chi connectivity index (χ0v) is 19.9. The highest BCUT2D eigenvalue weighted by molar-refractivity contribution is 14.0. The number of halogens is 1. The Hall–Kier alpha value is -1.22. The van der Waals surface area contributed by atoms with Crippen LogP contribution >= 0.6 is 24.0 Å². The lowest BCUT2D eigenvalue weighted by molar-refractivity contribution is 0.174. The largest absolute Gasteiger partial charge is 0.454 e. The molecule has 0 amide bonds. The number of nitrogens with one attached hydrogen (secondary N) is 2. The Morgan fingerprint density at radius 1 is 1.21 bits per heavy atom. The lowest BCUT2D eigenvalue weighted by Crippen LogP contribution is -2.50. The summed E-state index contributed by atoms with van der Waals surface area (Å²) >= 11 is 0. The van der Waals surface area contributed by atoms with Crippen LogP contribution in [0.2, 0.25) is 0 Å². The van der Waals surface area contributed by atoms with E-state index in [2.05, 4.69) is 53.4 Å². The molecule has 158 valence electrons. The molecule has 2 N–H and O–H groups in total. The highest BCUT2D eigenvalue weighted by Crippen LogP contribution is 2.36. The van der Waals surface area contributed by atoms with Crippen LogP contribution < -0.4 is 20.1 Å². The zero-order chi connectivity index (χ0) is 19.3. The average molecular weight is 502 g/mol. The summed E-state index contributed by atoms with van der Waals surface area (Å²) in [6, 6.07) is 6.70. The van der Waals surface area contributed by atoms with E-state index in [-0.39, 0.29) is 29.4 Å². The zero-order valence-electron chi connectivity index (χ0n) is 17.6. The maximum Gasteiger partial charge on any atom is 0.231 e. The van der Waals surface area contributed by atoms with Crippen LogP contribution in [-0.4, -0.2) is 56.9 Å². The first-order valence-corrected chi connectivity index (χ1v) is 10.1. The summed E-state index contributed by atoms with van der Waals surface area (Å²) < 4.78 is 10.9. The van der Waals surface area contributed by atoms with Gasteiger partial charge in [0.25, 0.3) is 0 Å². The van der Waals surface area contributed by atoms with E-state index in [4.69, 9.17) is 9.47 Å². The lowest BCUT2D eigenvalue weighted by atomic mass is 9.84. The van der Waals surface area contributed by atoms with Crippen molar-refractivity contribution in [3.63, 3.8) is 0 Å². The highest BCUT2D eigenvalue weighted by Gasteiger charge is 2.25. The number of hydrogen-bond donors (Lipinski definition) is 2. The molecule has 1 saturated heterocycles. The molecule has 28 heavy (non-hydrogen) atoms. The Morgan fingerprint density at radius 3 is 2.61 bits per heavy atom. The van der Waals surface area contributed by atoms with Gasteiger partial charge in [-0.15, -0.1) is 24.0 Å². The molecule has 2 aliphatic heterocycles. The van der Waals surface area contributed by atoms with Gasteiger partial charge in [-0.3, -0.25) is 4.99 Å². The molecule has 3 rings (SSSR count).